The number of hydrazone groups is 1. The highest BCUT2D eigenvalue weighted by atomic mass is 32.1. The molecule has 0 saturated carbocycles. The first-order valence-electron chi connectivity index (χ1n) is 5.81. The van der Waals surface area contributed by atoms with E-state index in [0.717, 1.165) is 11.3 Å². The molecule has 0 fully saturated rings. The molecular formula is C14H15N3OS. The second-order valence-electron chi connectivity index (χ2n) is 4.31. The summed E-state index contributed by atoms with van der Waals surface area (Å²) >= 11 is 4.64. The van der Waals surface area contributed by atoms with Crippen LogP contribution in [-0.2, 0) is 0 Å². The van der Waals surface area contributed by atoms with Crippen LogP contribution in [0.5, 0.6) is 0 Å². The molecule has 0 amide bonds. The lowest BCUT2D eigenvalue weighted by Gasteiger charge is -2.01. The van der Waals surface area contributed by atoms with E-state index in [-0.39, 0.29) is 5.11 Å². The van der Waals surface area contributed by atoms with Gasteiger partial charge in [-0.2, -0.15) is 5.10 Å². The molecule has 19 heavy (non-hydrogen) atoms. The standard InChI is InChI=1S/C14H15N3OS/c1-9-5-10(2)7-11(6-9)13-4-3-12(18-13)8-16-17-14(15)19/h3-8H,1-2H3,(H3,15,17,19). The van der Waals surface area contributed by atoms with Crippen molar-refractivity contribution in [1.29, 1.82) is 0 Å². The molecule has 0 aliphatic heterocycles. The van der Waals surface area contributed by atoms with Crippen molar-refractivity contribution in [2.45, 2.75) is 13.8 Å². The monoisotopic (exact) mass is 273 g/mol. The summed E-state index contributed by atoms with van der Waals surface area (Å²) in [5, 5.41) is 3.97. The van der Waals surface area contributed by atoms with Crippen molar-refractivity contribution in [2.24, 2.45) is 10.8 Å². The second kappa shape index (κ2) is 5.67. The average molecular weight is 273 g/mol. The van der Waals surface area contributed by atoms with Gasteiger partial charge in [0, 0.05) is 5.56 Å². The number of furan rings is 1. The first-order chi connectivity index (χ1) is 9.04. The molecule has 3 N–H and O–H groups in total. The zero-order valence-electron chi connectivity index (χ0n) is 10.8. The Balaban J connectivity index is 2.20. The van der Waals surface area contributed by atoms with Gasteiger partial charge >= 0.3 is 0 Å². The summed E-state index contributed by atoms with van der Waals surface area (Å²) in [5.41, 5.74) is 11.2. The van der Waals surface area contributed by atoms with Crippen LogP contribution < -0.4 is 11.2 Å². The summed E-state index contributed by atoms with van der Waals surface area (Å²) < 4.78 is 5.69. The quantitative estimate of drug-likeness (QED) is 0.513. The van der Waals surface area contributed by atoms with Gasteiger partial charge in [0.1, 0.15) is 11.5 Å². The van der Waals surface area contributed by atoms with Crippen LogP contribution in [0.3, 0.4) is 0 Å². The van der Waals surface area contributed by atoms with E-state index >= 15 is 0 Å². The fourth-order valence-corrected chi connectivity index (χ4v) is 1.91. The van der Waals surface area contributed by atoms with Crippen LogP contribution in [-0.4, -0.2) is 11.3 Å². The molecule has 0 aliphatic rings. The zero-order valence-corrected chi connectivity index (χ0v) is 11.6. The lowest BCUT2D eigenvalue weighted by molar-refractivity contribution is 0.574. The molecule has 98 valence electrons. The van der Waals surface area contributed by atoms with Crippen LogP contribution >= 0.6 is 12.2 Å². The zero-order chi connectivity index (χ0) is 13.8. The minimum absolute atomic E-state index is 0.123. The van der Waals surface area contributed by atoms with E-state index in [0.29, 0.717) is 5.76 Å². The van der Waals surface area contributed by atoms with Crippen LogP contribution in [0, 0.1) is 13.8 Å². The van der Waals surface area contributed by atoms with Crippen molar-refractivity contribution in [2.75, 3.05) is 0 Å². The van der Waals surface area contributed by atoms with Gasteiger partial charge in [-0.15, -0.1) is 0 Å². The predicted molar refractivity (Wildman–Crippen MR) is 81.1 cm³/mol. The number of nitrogens with two attached hydrogens (primary N) is 1. The molecule has 0 bridgehead atoms. The van der Waals surface area contributed by atoms with E-state index in [1.165, 1.54) is 17.3 Å². The highest BCUT2D eigenvalue weighted by Crippen LogP contribution is 2.23. The summed E-state index contributed by atoms with van der Waals surface area (Å²) in [7, 11) is 0. The van der Waals surface area contributed by atoms with E-state index < -0.39 is 0 Å². The highest BCUT2D eigenvalue weighted by molar-refractivity contribution is 7.80. The fourth-order valence-electron chi connectivity index (χ4n) is 1.85. The summed E-state index contributed by atoms with van der Waals surface area (Å²) in [6.45, 7) is 4.13. The third kappa shape index (κ3) is 3.66. The Bertz CT molecular complexity index is 611. The van der Waals surface area contributed by atoms with Crippen LogP contribution in [0.1, 0.15) is 16.9 Å². The Morgan fingerprint density at radius 2 is 1.95 bits per heavy atom. The summed E-state index contributed by atoms with van der Waals surface area (Å²) in [6, 6.07) is 10.1. The topological polar surface area (TPSA) is 63.5 Å². The van der Waals surface area contributed by atoms with Crippen LogP contribution in [0.2, 0.25) is 0 Å². The first-order valence-corrected chi connectivity index (χ1v) is 6.22. The van der Waals surface area contributed by atoms with Gasteiger partial charge in [0.25, 0.3) is 0 Å². The number of rotatable bonds is 3. The first kappa shape index (κ1) is 13.3. The van der Waals surface area contributed by atoms with Gasteiger partial charge in [-0.3, -0.25) is 5.43 Å². The number of nitrogens with zero attached hydrogens (tertiary/aromatic N) is 1. The minimum Gasteiger partial charge on any atom is -0.455 e. The fraction of sp³-hybridized carbons (Fsp3) is 0.143. The third-order valence-electron chi connectivity index (χ3n) is 2.50. The Hall–Kier alpha value is -2.14. The molecule has 0 atom stereocenters. The summed E-state index contributed by atoms with van der Waals surface area (Å²) in [6.07, 6.45) is 1.53. The maximum Gasteiger partial charge on any atom is 0.184 e. The molecule has 2 rings (SSSR count). The second-order valence-corrected chi connectivity index (χ2v) is 4.75. The van der Waals surface area contributed by atoms with Gasteiger partial charge in [0.2, 0.25) is 0 Å². The molecule has 0 spiro atoms. The van der Waals surface area contributed by atoms with Crippen LogP contribution in [0.4, 0.5) is 0 Å². The molecule has 2 aromatic rings. The SMILES string of the molecule is Cc1cc(C)cc(-c2ccc(C=NNC(N)=S)o2)c1. The summed E-state index contributed by atoms with van der Waals surface area (Å²) in [5.74, 6) is 1.45. The van der Waals surface area contributed by atoms with Gasteiger partial charge < -0.3 is 10.2 Å². The van der Waals surface area contributed by atoms with Gasteiger partial charge in [-0.25, -0.2) is 0 Å². The predicted octanol–water partition coefficient (Wildman–Crippen LogP) is 2.73. The Morgan fingerprint density at radius 1 is 1.26 bits per heavy atom. The molecule has 0 unspecified atom stereocenters. The molecule has 1 aromatic carbocycles. The molecule has 1 heterocycles. The lowest BCUT2D eigenvalue weighted by atomic mass is 10.1. The van der Waals surface area contributed by atoms with Gasteiger partial charge in [0.15, 0.2) is 5.11 Å². The Morgan fingerprint density at radius 3 is 2.58 bits per heavy atom. The van der Waals surface area contributed by atoms with Gasteiger partial charge in [0.05, 0.1) is 6.21 Å². The highest BCUT2D eigenvalue weighted by Gasteiger charge is 2.04. The van der Waals surface area contributed by atoms with Crippen molar-refractivity contribution in [3.8, 4) is 11.3 Å². The molecule has 1 aromatic heterocycles. The number of hydrogen-bond donors (Lipinski definition) is 2. The molecule has 4 nitrogen and oxygen atoms in total. The number of benzene rings is 1. The van der Waals surface area contributed by atoms with Crippen LogP contribution in [0.15, 0.2) is 39.9 Å². The van der Waals surface area contributed by atoms with E-state index in [1.807, 2.05) is 12.1 Å². The smallest absolute Gasteiger partial charge is 0.184 e. The molecule has 0 saturated heterocycles. The van der Waals surface area contributed by atoms with Crippen molar-refractivity contribution >= 4 is 23.5 Å². The number of nitrogens with one attached hydrogen (secondary N) is 1. The van der Waals surface area contributed by atoms with Gasteiger partial charge in [-0.1, -0.05) is 17.2 Å². The molecule has 0 radical (unpaired) electrons. The molecule has 5 heteroatoms. The number of thiocarbonyl (C=S) groups is 1. The average Bonchev–Trinajstić information content (AvgIpc) is 2.76. The Kier molecular flexibility index (Phi) is 3.97. The summed E-state index contributed by atoms with van der Waals surface area (Å²) in [4.78, 5) is 0. The van der Waals surface area contributed by atoms with E-state index in [2.05, 4.69) is 54.8 Å². The maximum atomic E-state index is 5.69. The molecular weight excluding hydrogens is 258 g/mol. The largest absolute Gasteiger partial charge is 0.455 e. The molecule has 0 aliphatic carbocycles. The minimum atomic E-state index is 0.123. The third-order valence-corrected chi connectivity index (χ3v) is 2.59. The maximum absolute atomic E-state index is 5.69. The van der Waals surface area contributed by atoms with E-state index in [4.69, 9.17) is 10.2 Å². The van der Waals surface area contributed by atoms with E-state index in [1.54, 1.807) is 0 Å². The Labute approximate surface area is 117 Å². The van der Waals surface area contributed by atoms with Crippen molar-refractivity contribution in [1.82, 2.24) is 5.43 Å². The number of hydrogen-bond acceptors (Lipinski definition) is 3. The van der Waals surface area contributed by atoms with Crippen LogP contribution in [0.25, 0.3) is 11.3 Å². The normalized spacial score (nSPS) is 10.8. The number of aryl methyl sites for hydroxylation is 2. The van der Waals surface area contributed by atoms with E-state index in [9.17, 15) is 0 Å². The van der Waals surface area contributed by atoms with Crippen molar-refractivity contribution in [3.63, 3.8) is 0 Å². The van der Waals surface area contributed by atoms with Crippen molar-refractivity contribution in [3.05, 3.63) is 47.2 Å². The lowest BCUT2D eigenvalue weighted by Crippen LogP contribution is -2.23. The van der Waals surface area contributed by atoms with Crippen molar-refractivity contribution < 1.29 is 4.42 Å². The van der Waals surface area contributed by atoms with Gasteiger partial charge in [-0.05, 0) is 50.3 Å².